The topological polar surface area (TPSA) is 117 Å². The Kier molecular flexibility index (Phi) is 11.0. The summed E-state index contributed by atoms with van der Waals surface area (Å²) in [6.07, 6.45) is 1.51. The molecule has 172 valence electrons. The lowest BCUT2D eigenvalue weighted by Gasteiger charge is -2.13. The van der Waals surface area contributed by atoms with Crippen molar-refractivity contribution in [3.05, 3.63) is 89.8 Å². The van der Waals surface area contributed by atoms with Gasteiger partial charge >= 0.3 is 5.97 Å². The van der Waals surface area contributed by atoms with Gasteiger partial charge in [-0.2, -0.15) is 5.26 Å². The van der Waals surface area contributed by atoms with Crippen molar-refractivity contribution in [3.63, 3.8) is 0 Å². The van der Waals surface area contributed by atoms with Crippen LogP contribution in [0, 0.1) is 18.3 Å². The number of hydrogen-bond donors (Lipinski definition) is 3. The van der Waals surface area contributed by atoms with E-state index in [0.29, 0.717) is 12.2 Å². The smallest absolute Gasteiger partial charge is 0.326 e. The highest BCUT2D eigenvalue weighted by atomic mass is 32.2. The first-order valence-corrected chi connectivity index (χ1v) is 11.6. The molecule has 0 unspecified atom stereocenters. The van der Waals surface area contributed by atoms with Gasteiger partial charge in [0, 0.05) is 23.3 Å². The second kappa shape index (κ2) is 14.0. The average molecular weight is 482 g/mol. The molecule has 0 saturated heterocycles. The summed E-state index contributed by atoms with van der Waals surface area (Å²) in [7, 11) is 1.31. The molecule has 9 heteroatoms. The molecule has 5 N–H and O–H groups in total. The molecule has 7 nitrogen and oxygen atoms in total. The lowest BCUT2D eigenvalue weighted by Crippen LogP contribution is -2.33. The maximum Gasteiger partial charge on any atom is 0.326 e. The Labute approximate surface area is 202 Å². The van der Waals surface area contributed by atoms with E-state index in [1.54, 1.807) is 11.3 Å². The second-order valence-electron chi connectivity index (χ2n) is 6.84. The third kappa shape index (κ3) is 9.80. The van der Waals surface area contributed by atoms with Gasteiger partial charge in [-0.15, -0.1) is 11.3 Å². The summed E-state index contributed by atoms with van der Waals surface area (Å²) in [6.45, 7) is 2.40. The Bertz CT molecular complexity index is 1080. The molecule has 0 aliphatic carbocycles. The number of ether oxygens (including phenoxy) is 1. The number of carbonyl (C=O) groups excluding carboxylic acids is 1. The first-order chi connectivity index (χ1) is 15.9. The summed E-state index contributed by atoms with van der Waals surface area (Å²) in [6, 6.07) is 23.9. The van der Waals surface area contributed by atoms with Crippen LogP contribution in [0.3, 0.4) is 0 Å². The predicted octanol–water partition coefficient (Wildman–Crippen LogP) is 4.03. The van der Waals surface area contributed by atoms with Crippen LogP contribution in [0.15, 0.2) is 82.8 Å². The normalized spacial score (nSPS) is 10.5. The fourth-order valence-corrected chi connectivity index (χ4v) is 4.34. The molecule has 2 aromatic carbocycles. The van der Waals surface area contributed by atoms with Crippen LogP contribution in [0.2, 0.25) is 0 Å². The number of esters is 1. The number of nitriles is 1. The summed E-state index contributed by atoms with van der Waals surface area (Å²) in [5.74, 6) is 5.22. The summed E-state index contributed by atoms with van der Waals surface area (Å²) >= 11 is 3.21. The van der Waals surface area contributed by atoms with E-state index in [-0.39, 0.29) is 6.54 Å². The first-order valence-electron chi connectivity index (χ1n) is 9.97. The molecule has 0 spiro atoms. The molecule has 0 aliphatic rings. The molecular weight excluding hydrogens is 454 g/mol. The number of thiophene rings is 1. The van der Waals surface area contributed by atoms with Crippen molar-refractivity contribution in [2.45, 2.75) is 11.1 Å². The zero-order valence-electron chi connectivity index (χ0n) is 18.5. The van der Waals surface area contributed by atoms with Gasteiger partial charge in [0.05, 0.1) is 23.0 Å². The molecule has 3 rings (SSSR count). The lowest BCUT2D eigenvalue weighted by molar-refractivity contribution is -0.141. The molecule has 0 fully saturated rings. The van der Waals surface area contributed by atoms with Gasteiger partial charge in [0.2, 0.25) is 0 Å². The number of hydrogen-bond acceptors (Lipinski definition) is 9. The van der Waals surface area contributed by atoms with Crippen LogP contribution in [0.1, 0.15) is 11.1 Å². The monoisotopic (exact) mass is 481 g/mol. The molecule has 33 heavy (non-hydrogen) atoms. The summed E-state index contributed by atoms with van der Waals surface area (Å²) < 4.78 is 8.85. The predicted molar refractivity (Wildman–Crippen MR) is 135 cm³/mol. The number of aryl methyl sites for hydroxylation is 1. The number of benzene rings is 2. The van der Waals surface area contributed by atoms with Crippen LogP contribution >= 0.6 is 23.3 Å². The van der Waals surface area contributed by atoms with Gasteiger partial charge < -0.3 is 15.5 Å². The number of hydrazine groups is 1. The fraction of sp³-hybridized carbons (Fsp3) is 0.167. The molecule has 1 aromatic heterocycles. The second-order valence-corrected chi connectivity index (χ2v) is 9.11. The van der Waals surface area contributed by atoms with E-state index in [0.717, 1.165) is 9.77 Å². The third-order valence-corrected chi connectivity index (χ3v) is 6.20. The van der Waals surface area contributed by atoms with Gasteiger partial charge in [0.1, 0.15) is 6.54 Å². The number of rotatable bonds is 8. The van der Waals surface area contributed by atoms with E-state index in [1.165, 1.54) is 46.3 Å². The Morgan fingerprint density at radius 1 is 1.18 bits per heavy atom. The highest BCUT2D eigenvalue weighted by molar-refractivity contribution is 7.99. The summed E-state index contributed by atoms with van der Waals surface area (Å²) in [5, 5.41) is 9.58. The van der Waals surface area contributed by atoms with Crippen LogP contribution in [-0.4, -0.2) is 31.2 Å². The van der Waals surface area contributed by atoms with E-state index in [9.17, 15) is 4.79 Å². The molecule has 0 radical (unpaired) electrons. The van der Waals surface area contributed by atoms with Crippen LogP contribution < -0.4 is 16.3 Å². The highest BCUT2D eigenvalue weighted by Crippen LogP contribution is 2.32. The van der Waals surface area contributed by atoms with Crippen molar-refractivity contribution in [1.29, 1.82) is 5.26 Å². The molecule has 0 amide bonds. The van der Waals surface area contributed by atoms with E-state index in [1.807, 2.05) is 49.4 Å². The zero-order valence-corrected chi connectivity index (χ0v) is 20.2. The molecule has 0 aliphatic heterocycles. The van der Waals surface area contributed by atoms with E-state index in [2.05, 4.69) is 39.8 Å². The third-order valence-electron chi connectivity index (χ3n) is 4.14. The number of nitrogens with one attached hydrogen (secondary N) is 1. The highest BCUT2D eigenvalue weighted by Gasteiger charge is 2.05. The quantitative estimate of drug-likeness (QED) is 0.191. The average Bonchev–Trinajstić information content (AvgIpc) is 3.29. The number of nitrogens with two attached hydrogens (primary N) is 2. The Morgan fingerprint density at radius 3 is 2.52 bits per heavy atom. The number of nitrogens with zero attached hydrogens (tertiary/aromatic N) is 2. The van der Waals surface area contributed by atoms with Gasteiger partial charge in [-0.3, -0.25) is 9.52 Å². The zero-order chi connectivity index (χ0) is 24.1. The van der Waals surface area contributed by atoms with Crippen molar-refractivity contribution in [1.82, 2.24) is 9.73 Å². The molecule has 0 saturated carbocycles. The summed E-state index contributed by atoms with van der Waals surface area (Å²) in [4.78, 5) is 12.3. The maximum absolute atomic E-state index is 11.1. The van der Waals surface area contributed by atoms with Crippen molar-refractivity contribution >= 4 is 29.3 Å². The van der Waals surface area contributed by atoms with E-state index in [4.69, 9.17) is 16.8 Å². The summed E-state index contributed by atoms with van der Waals surface area (Å²) in [5.41, 5.74) is 9.50. The Morgan fingerprint density at radius 2 is 1.88 bits per heavy atom. The van der Waals surface area contributed by atoms with Crippen LogP contribution in [0.5, 0.6) is 0 Å². The molecule has 0 atom stereocenters. The molecule has 3 aromatic rings. The minimum atomic E-state index is -0.420. The van der Waals surface area contributed by atoms with Crippen molar-refractivity contribution in [3.8, 4) is 16.5 Å². The van der Waals surface area contributed by atoms with Gasteiger partial charge in [-0.1, -0.05) is 48.0 Å². The molecule has 0 bridgehead atoms. The van der Waals surface area contributed by atoms with Gasteiger partial charge in [-0.05, 0) is 48.7 Å². The van der Waals surface area contributed by atoms with Crippen LogP contribution in [-0.2, 0) is 9.53 Å². The number of methoxy groups -OCH3 is 1. The first kappa shape index (κ1) is 26.0. The number of carbonyl (C=O) groups is 1. The Balaban J connectivity index is 0.000000357. The SMILES string of the molecule is COC(=O)CN(N)/C=C(\N)CNSc1ccc(-c2ccccc2)s1.Cc1ccc(C#N)cc1. The minimum absolute atomic E-state index is 0.0459. The minimum Gasteiger partial charge on any atom is -0.468 e. The van der Waals surface area contributed by atoms with Crippen LogP contribution in [0.25, 0.3) is 10.4 Å². The van der Waals surface area contributed by atoms with Gasteiger partial charge in [0.25, 0.3) is 0 Å². The van der Waals surface area contributed by atoms with Gasteiger partial charge in [0.15, 0.2) is 0 Å². The molecular formula is C24H27N5O2S2. The van der Waals surface area contributed by atoms with E-state index >= 15 is 0 Å². The van der Waals surface area contributed by atoms with Crippen molar-refractivity contribution in [2.75, 3.05) is 20.2 Å². The largest absolute Gasteiger partial charge is 0.468 e. The maximum atomic E-state index is 11.1. The van der Waals surface area contributed by atoms with E-state index < -0.39 is 5.97 Å². The van der Waals surface area contributed by atoms with Gasteiger partial charge in [-0.25, -0.2) is 5.84 Å². The molecule has 1 heterocycles. The van der Waals surface area contributed by atoms with Crippen molar-refractivity contribution in [2.24, 2.45) is 11.6 Å². The van der Waals surface area contributed by atoms with Crippen molar-refractivity contribution < 1.29 is 9.53 Å². The standard InChI is InChI=1S/C16H20N4O2S2.C8H7N/c1-22-15(21)11-20(18)10-13(17)9-19-24-16-8-7-14(23-16)12-5-3-2-4-6-12;1-7-2-4-8(6-9)5-3-7/h2-8,10,19H,9,11,17-18H2,1H3;2-5H,1H3/b13-10-;. The van der Waals surface area contributed by atoms with Crippen LogP contribution in [0.4, 0.5) is 0 Å². The lowest BCUT2D eigenvalue weighted by atomic mass is 10.2. The Hall–Kier alpha value is -3.29. The fourth-order valence-electron chi connectivity index (χ4n) is 2.47.